The molecule has 1 heterocycles. The quantitative estimate of drug-likeness (QED) is 0.899. The number of nitrogens with zero attached hydrogens (tertiary/aromatic N) is 1. The number of anilines is 1. The Bertz CT molecular complexity index is 416. The van der Waals surface area contributed by atoms with Gasteiger partial charge in [0.25, 0.3) is 0 Å². The lowest BCUT2D eigenvalue weighted by Gasteiger charge is -2.36. The number of pyridine rings is 1. The molecule has 1 amide bonds. The molecule has 1 aliphatic rings. The Balaban J connectivity index is 2.06. The molecule has 1 fully saturated rings. The number of nitrogens with one attached hydrogen (secondary N) is 1. The van der Waals surface area contributed by atoms with Crippen LogP contribution < -0.4 is 5.32 Å². The van der Waals surface area contributed by atoms with E-state index in [2.05, 4.69) is 31.1 Å². The predicted octanol–water partition coefficient (Wildman–Crippen LogP) is 3.73. The summed E-state index contributed by atoms with van der Waals surface area (Å²) < 4.78 is 0. The minimum absolute atomic E-state index is 0.143. The van der Waals surface area contributed by atoms with Crippen molar-refractivity contribution in [2.24, 2.45) is 23.7 Å². The van der Waals surface area contributed by atoms with Crippen LogP contribution in [0.25, 0.3) is 0 Å². The van der Waals surface area contributed by atoms with Gasteiger partial charge in [-0.05, 0) is 42.7 Å². The molecule has 1 aromatic rings. The van der Waals surface area contributed by atoms with Crippen LogP contribution in [0.2, 0.25) is 0 Å². The van der Waals surface area contributed by atoms with Crippen LogP contribution in [0.3, 0.4) is 0 Å². The molecule has 0 spiro atoms. The molecular weight excluding hydrogens is 236 g/mol. The topological polar surface area (TPSA) is 42.0 Å². The van der Waals surface area contributed by atoms with Crippen LogP contribution in [0.5, 0.6) is 0 Å². The van der Waals surface area contributed by atoms with E-state index in [0.29, 0.717) is 17.8 Å². The van der Waals surface area contributed by atoms with E-state index in [9.17, 15) is 4.79 Å². The predicted molar refractivity (Wildman–Crippen MR) is 77.7 cm³/mol. The Hall–Kier alpha value is -1.38. The molecule has 2 rings (SSSR count). The van der Waals surface area contributed by atoms with Crippen LogP contribution in [0, 0.1) is 23.7 Å². The third-order valence-corrected chi connectivity index (χ3v) is 4.29. The Kier molecular flexibility index (Phi) is 4.56. The first-order valence-electron chi connectivity index (χ1n) is 7.28. The molecule has 0 aromatic carbocycles. The standard InChI is InChI=1S/C16H24N2O/c1-11(2)14-7-6-12(3)9-15(14)16(19)18-13-5-4-8-17-10-13/h4-5,8,10-12,14-15H,6-7,9H2,1-3H3,(H,18,19). The largest absolute Gasteiger partial charge is 0.324 e. The minimum atomic E-state index is 0.143. The van der Waals surface area contributed by atoms with Crippen molar-refractivity contribution in [3.8, 4) is 0 Å². The van der Waals surface area contributed by atoms with Gasteiger partial charge < -0.3 is 5.32 Å². The van der Waals surface area contributed by atoms with Crippen molar-refractivity contribution < 1.29 is 4.79 Å². The molecule has 0 saturated heterocycles. The number of aromatic nitrogens is 1. The van der Waals surface area contributed by atoms with Crippen LogP contribution in [0.1, 0.15) is 40.0 Å². The maximum atomic E-state index is 12.5. The number of carbonyl (C=O) groups is 1. The van der Waals surface area contributed by atoms with Gasteiger partial charge in [-0.1, -0.05) is 27.2 Å². The molecule has 1 aliphatic carbocycles. The first kappa shape index (κ1) is 14.0. The molecule has 3 nitrogen and oxygen atoms in total. The molecule has 3 unspecified atom stereocenters. The summed E-state index contributed by atoms with van der Waals surface area (Å²) in [4.78, 5) is 16.5. The summed E-state index contributed by atoms with van der Waals surface area (Å²) in [5.74, 6) is 2.03. The number of rotatable bonds is 3. The first-order chi connectivity index (χ1) is 9.08. The number of carbonyl (C=O) groups excluding carboxylic acids is 1. The van der Waals surface area contributed by atoms with Crippen molar-refractivity contribution in [3.05, 3.63) is 24.5 Å². The Morgan fingerprint density at radius 1 is 1.42 bits per heavy atom. The molecular formula is C16H24N2O. The van der Waals surface area contributed by atoms with Crippen LogP contribution in [-0.4, -0.2) is 10.9 Å². The van der Waals surface area contributed by atoms with Crippen LogP contribution in [0.4, 0.5) is 5.69 Å². The summed E-state index contributed by atoms with van der Waals surface area (Å²) in [5, 5.41) is 3.02. The van der Waals surface area contributed by atoms with Gasteiger partial charge in [-0.2, -0.15) is 0 Å². The van der Waals surface area contributed by atoms with Crippen LogP contribution in [0.15, 0.2) is 24.5 Å². The summed E-state index contributed by atoms with van der Waals surface area (Å²) >= 11 is 0. The van der Waals surface area contributed by atoms with Crippen molar-refractivity contribution in [2.45, 2.75) is 40.0 Å². The summed E-state index contributed by atoms with van der Waals surface area (Å²) in [7, 11) is 0. The van der Waals surface area contributed by atoms with E-state index < -0.39 is 0 Å². The van der Waals surface area contributed by atoms with E-state index in [4.69, 9.17) is 0 Å². The zero-order valence-electron chi connectivity index (χ0n) is 12.1. The summed E-state index contributed by atoms with van der Waals surface area (Å²) in [5.41, 5.74) is 0.799. The van der Waals surface area contributed by atoms with Gasteiger partial charge in [-0.15, -0.1) is 0 Å². The molecule has 0 aliphatic heterocycles. The van der Waals surface area contributed by atoms with E-state index in [1.165, 1.54) is 12.8 Å². The summed E-state index contributed by atoms with van der Waals surface area (Å²) in [6.07, 6.45) is 6.85. The number of hydrogen-bond donors (Lipinski definition) is 1. The van der Waals surface area contributed by atoms with Gasteiger partial charge in [0.15, 0.2) is 0 Å². The van der Waals surface area contributed by atoms with Gasteiger partial charge in [-0.25, -0.2) is 0 Å². The van der Waals surface area contributed by atoms with Crippen LogP contribution in [-0.2, 0) is 4.79 Å². The maximum Gasteiger partial charge on any atom is 0.227 e. The summed E-state index contributed by atoms with van der Waals surface area (Å²) in [6.45, 7) is 6.71. The van der Waals surface area contributed by atoms with Crippen molar-refractivity contribution in [2.75, 3.05) is 5.32 Å². The second kappa shape index (κ2) is 6.18. The fourth-order valence-corrected chi connectivity index (χ4v) is 3.18. The zero-order valence-corrected chi connectivity index (χ0v) is 12.1. The van der Waals surface area contributed by atoms with E-state index in [1.807, 2.05) is 12.1 Å². The van der Waals surface area contributed by atoms with E-state index in [0.717, 1.165) is 12.1 Å². The van der Waals surface area contributed by atoms with E-state index >= 15 is 0 Å². The van der Waals surface area contributed by atoms with Gasteiger partial charge >= 0.3 is 0 Å². The molecule has 0 radical (unpaired) electrons. The average Bonchev–Trinajstić information content (AvgIpc) is 2.39. The molecule has 3 heteroatoms. The molecule has 1 N–H and O–H groups in total. The minimum Gasteiger partial charge on any atom is -0.324 e. The molecule has 104 valence electrons. The zero-order chi connectivity index (χ0) is 13.8. The lowest BCUT2D eigenvalue weighted by molar-refractivity contribution is -0.123. The maximum absolute atomic E-state index is 12.5. The first-order valence-corrected chi connectivity index (χ1v) is 7.28. The van der Waals surface area contributed by atoms with Gasteiger partial charge in [-0.3, -0.25) is 9.78 Å². The lowest BCUT2D eigenvalue weighted by atomic mass is 9.70. The van der Waals surface area contributed by atoms with Crippen molar-refractivity contribution in [1.29, 1.82) is 0 Å². The highest BCUT2D eigenvalue weighted by molar-refractivity contribution is 5.92. The Labute approximate surface area is 115 Å². The number of amides is 1. The van der Waals surface area contributed by atoms with Gasteiger partial charge in [0.2, 0.25) is 5.91 Å². The Morgan fingerprint density at radius 3 is 2.84 bits per heavy atom. The normalized spacial score (nSPS) is 27.3. The van der Waals surface area contributed by atoms with Gasteiger partial charge in [0.05, 0.1) is 11.9 Å². The molecule has 0 bridgehead atoms. The van der Waals surface area contributed by atoms with Crippen LogP contribution >= 0.6 is 0 Å². The highest BCUT2D eigenvalue weighted by Crippen LogP contribution is 2.38. The monoisotopic (exact) mass is 260 g/mol. The highest BCUT2D eigenvalue weighted by Gasteiger charge is 2.35. The SMILES string of the molecule is CC1CCC(C(C)C)C(C(=O)Nc2cccnc2)C1. The second-order valence-corrected chi connectivity index (χ2v) is 6.16. The number of hydrogen-bond acceptors (Lipinski definition) is 2. The Morgan fingerprint density at radius 2 is 2.21 bits per heavy atom. The van der Waals surface area contributed by atoms with Crippen molar-refractivity contribution in [3.63, 3.8) is 0 Å². The molecule has 19 heavy (non-hydrogen) atoms. The van der Waals surface area contributed by atoms with E-state index in [-0.39, 0.29) is 11.8 Å². The summed E-state index contributed by atoms with van der Waals surface area (Å²) in [6, 6.07) is 3.74. The third kappa shape index (κ3) is 3.55. The fraction of sp³-hybridized carbons (Fsp3) is 0.625. The highest BCUT2D eigenvalue weighted by atomic mass is 16.1. The smallest absolute Gasteiger partial charge is 0.227 e. The second-order valence-electron chi connectivity index (χ2n) is 6.16. The van der Waals surface area contributed by atoms with E-state index in [1.54, 1.807) is 12.4 Å². The molecule has 1 aromatic heterocycles. The third-order valence-electron chi connectivity index (χ3n) is 4.29. The molecule has 1 saturated carbocycles. The average molecular weight is 260 g/mol. The molecule has 3 atom stereocenters. The van der Waals surface area contributed by atoms with Crippen molar-refractivity contribution in [1.82, 2.24) is 4.98 Å². The lowest BCUT2D eigenvalue weighted by Crippen LogP contribution is -2.36. The fourth-order valence-electron chi connectivity index (χ4n) is 3.18. The van der Waals surface area contributed by atoms with Gasteiger partial charge in [0, 0.05) is 12.1 Å². The van der Waals surface area contributed by atoms with Crippen molar-refractivity contribution >= 4 is 11.6 Å². The van der Waals surface area contributed by atoms with Gasteiger partial charge in [0.1, 0.15) is 0 Å².